The molecular weight excluding hydrogens is 332 g/mol. The van der Waals surface area contributed by atoms with Crippen molar-refractivity contribution < 1.29 is 4.74 Å². The average molecular weight is 349 g/mol. The lowest BCUT2D eigenvalue weighted by atomic mass is 10.3. The Morgan fingerprint density at radius 2 is 2.14 bits per heavy atom. The van der Waals surface area contributed by atoms with Gasteiger partial charge in [0, 0.05) is 23.1 Å². The van der Waals surface area contributed by atoms with E-state index < -0.39 is 0 Å². The third-order valence-electron chi connectivity index (χ3n) is 3.30. The molecule has 0 radical (unpaired) electrons. The smallest absolute Gasteiger partial charge is 0.227 e. The normalized spacial score (nSPS) is 14.0. The fourth-order valence-corrected chi connectivity index (χ4v) is 2.38. The highest BCUT2D eigenvalue weighted by Crippen LogP contribution is 2.40. The van der Waals surface area contributed by atoms with Crippen molar-refractivity contribution >= 4 is 21.7 Å². The molecule has 21 heavy (non-hydrogen) atoms. The van der Waals surface area contributed by atoms with Gasteiger partial charge in [0.25, 0.3) is 0 Å². The minimum atomic E-state index is 0.478. The van der Waals surface area contributed by atoms with Gasteiger partial charge in [-0.05, 0) is 48.7 Å². The van der Waals surface area contributed by atoms with E-state index in [-0.39, 0.29) is 0 Å². The van der Waals surface area contributed by atoms with Crippen molar-refractivity contribution in [2.45, 2.75) is 32.6 Å². The number of nitrogens with zero attached hydrogens (tertiary/aromatic N) is 3. The third-order valence-corrected chi connectivity index (χ3v) is 3.73. The summed E-state index contributed by atoms with van der Waals surface area (Å²) < 4.78 is 6.79. The van der Waals surface area contributed by atoms with Crippen molar-refractivity contribution in [1.29, 1.82) is 0 Å². The number of rotatable bonds is 5. The van der Waals surface area contributed by atoms with Crippen molar-refractivity contribution in [2.75, 3.05) is 11.9 Å². The Balaban J connectivity index is 1.95. The number of hydrogen-bond acceptors (Lipinski definition) is 5. The maximum Gasteiger partial charge on any atom is 0.227 e. The summed E-state index contributed by atoms with van der Waals surface area (Å²) in [5.41, 5.74) is 0.918. The highest BCUT2D eigenvalue weighted by atomic mass is 79.9. The molecule has 2 aromatic heterocycles. The molecule has 0 bridgehead atoms. The molecule has 0 spiro atoms. The molecule has 1 fully saturated rings. The SMILES string of the molecule is CCNc1nc(C2CC2)nc(Oc2cncc(Br)c2)c1C. The molecule has 6 heteroatoms. The van der Waals surface area contributed by atoms with E-state index in [1.54, 1.807) is 12.4 Å². The van der Waals surface area contributed by atoms with Crippen LogP contribution in [0.15, 0.2) is 22.9 Å². The summed E-state index contributed by atoms with van der Waals surface area (Å²) >= 11 is 3.39. The van der Waals surface area contributed by atoms with E-state index >= 15 is 0 Å². The minimum absolute atomic E-state index is 0.478. The van der Waals surface area contributed by atoms with Crippen LogP contribution in [-0.4, -0.2) is 21.5 Å². The zero-order valence-corrected chi connectivity index (χ0v) is 13.6. The van der Waals surface area contributed by atoms with Crippen LogP contribution in [0.4, 0.5) is 5.82 Å². The largest absolute Gasteiger partial charge is 0.437 e. The first-order valence-electron chi connectivity index (χ1n) is 7.08. The first-order chi connectivity index (χ1) is 10.2. The summed E-state index contributed by atoms with van der Waals surface area (Å²) in [5.74, 6) is 3.46. The van der Waals surface area contributed by atoms with Gasteiger partial charge in [-0.2, -0.15) is 4.98 Å². The minimum Gasteiger partial charge on any atom is -0.437 e. The lowest BCUT2D eigenvalue weighted by molar-refractivity contribution is 0.452. The molecule has 1 aliphatic rings. The summed E-state index contributed by atoms with van der Waals surface area (Å²) in [7, 11) is 0. The summed E-state index contributed by atoms with van der Waals surface area (Å²) in [6.45, 7) is 4.84. The van der Waals surface area contributed by atoms with Gasteiger partial charge in [-0.3, -0.25) is 4.98 Å². The summed E-state index contributed by atoms with van der Waals surface area (Å²) in [6, 6.07) is 1.87. The molecule has 0 unspecified atom stereocenters. The lowest BCUT2D eigenvalue weighted by Crippen LogP contribution is -2.07. The molecule has 110 valence electrons. The molecule has 1 saturated carbocycles. The molecule has 0 atom stereocenters. The van der Waals surface area contributed by atoms with Crippen molar-refractivity contribution in [2.24, 2.45) is 0 Å². The fourth-order valence-electron chi connectivity index (χ4n) is 2.04. The van der Waals surface area contributed by atoms with Crippen LogP contribution in [-0.2, 0) is 0 Å². The second-order valence-corrected chi connectivity index (χ2v) is 6.02. The van der Waals surface area contributed by atoms with Crippen LogP contribution in [0, 0.1) is 6.92 Å². The number of hydrogen-bond donors (Lipinski definition) is 1. The molecule has 0 saturated heterocycles. The fraction of sp³-hybridized carbons (Fsp3) is 0.400. The molecule has 3 rings (SSSR count). The van der Waals surface area contributed by atoms with Gasteiger partial charge in [0.2, 0.25) is 5.88 Å². The summed E-state index contributed by atoms with van der Waals surface area (Å²) in [5, 5.41) is 3.28. The Morgan fingerprint density at radius 1 is 1.33 bits per heavy atom. The first kappa shape index (κ1) is 14.3. The lowest BCUT2D eigenvalue weighted by Gasteiger charge is -2.13. The van der Waals surface area contributed by atoms with Crippen LogP contribution in [0.1, 0.15) is 37.1 Å². The molecule has 0 aromatic carbocycles. The Hall–Kier alpha value is -1.69. The maximum atomic E-state index is 5.91. The third kappa shape index (κ3) is 3.32. The number of nitrogens with one attached hydrogen (secondary N) is 1. The van der Waals surface area contributed by atoms with E-state index in [1.165, 1.54) is 0 Å². The number of anilines is 1. The van der Waals surface area contributed by atoms with Crippen molar-refractivity contribution in [3.63, 3.8) is 0 Å². The van der Waals surface area contributed by atoms with E-state index in [0.29, 0.717) is 17.5 Å². The summed E-state index contributed by atoms with van der Waals surface area (Å²) in [6.07, 6.45) is 5.72. The molecule has 5 nitrogen and oxygen atoms in total. The van der Waals surface area contributed by atoms with Crippen LogP contribution in [0.3, 0.4) is 0 Å². The Morgan fingerprint density at radius 3 is 2.81 bits per heavy atom. The van der Waals surface area contributed by atoms with Crippen molar-refractivity contribution in [3.8, 4) is 11.6 Å². The second kappa shape index (κ2) is 5.97. The van der Waals surface area contributed by atoms with E-state index in [2.05, 4.69) is 43.1 Å². The molecule has 1 N–H and O–H groups in total. The van der Waals surface area contributed by atoms with E-state index in [1.807, 2.05) is 13.0 Å². The first-order valence-corrected chi connectivity index (χ1v) is 7.87. The van der Waals surface area contributed by atoms with Gasteiger partial charge in [0.1, 0.15) is 17.4 Å². The van der Waals surface area contributed by atoms with Crippen LogP contribution in [0.5, 0.6) is 11.6 Å². The maximum absolute atomic E-state index is 5.91. The van der Waals surface area contributed by atoms with E-state index in [9.17, 15) is 0 Å². The van der Waals surface area contributed by atoms with Gasteiger partial charge >= 0.3 is 0 Å². The molecule has 2 heterocycles. The molecule has 0 aliphatic heterocycles. The molecular formula is C15H17BrN4O. The Kier molecular flexibility index (Phi) is 4.05. The van der Waals surface area contributed by atoms with E-state index in [0.717, 1.165) is 41.1 Å². The van der Waals surface area contributed by atoms with Gasteiger partial charge < -0.3 is 10.1 Å². The topological polar surface area (TPSA) is 59.9 Å². The standard InChI is InChI=1S/C15H17BrN4O/c1-3-18-13-9(2)15(20-14(19-13)10-4-5-10)21-12-6-11(16)7-17-8-12/h6-8,10H,3-5H2,1-2H3,(H,18,19,20). The highest BCUT2D eigenvalue weighted by molar-refractivity contribution is 9.10. The van der Waals surface area contributed by atoms with Crippen LogP contribution in [0.2, 0.25) is 0 Å². The van der Waals surface area contributed by atoms with Crippen LogP contribution >= 0.6 is 15.9 Å². The number of halogens is 1. The van der Waals surface area contributed by atoms with E-state index in [4.69, 9.17) is 4.74 Å². The molecule has 0 amide bonds. The Bertz CT molecular complexity index is 658. The van der Waals surface area contributed by atoms with Gasteiger partial charge in [-0.1, -0.05) is 0 Å². The highest BCUT2D eigenvalue weighted by Gasteiger charge is 2.28. The van der Waals surface area contributed by atoms with Crippen LogP contribution < -0.4 is 10.1 Å². The van der Waals surface area contributed by atoms with Crippen molar-refractivity contribution in [1.82, 2.24) is 15.0 Å². The average Bonchev–Trinajstić information content (AvgIpc) is 3.28. The Labute approximate surface area is 132 Å². The monoisotopic (exact) mass is 348 g/mol. The van der Waals surface area contributed by atoms with Crippen molar-refractivity contribution in [3.05, 3.63) is 34.3 Å². The van der Waals surface area contributed by atoms with Gasteiger partial charge in [-0.15, -0.1) is 0 Å². The number of ether oxygens (including phenoxy) is 1. The quantitative estimate of drug-likeness (QED) is 0.883. The van der Waals surface area contributed by atoms with Crippen LogP contribution in [0.25, 0.3) is 0 Å². The number of aromatic nitrogens is 3. The zero-order chi connectivity index (χ0) is 14.8. The van der Waals surface area contributed by atoms with Gasteiger partial charge in [0.15, 0.2) is 0 Å². The predicted octanol–water partition coefficient (Wildman–Crippen LogP) is 4.04. The van der Waals surface area contributed by atoms with Gasteiger partial charge in [0.05, 0.1) is 11.8 Å². The predicted molar refractivity (Wildman–Crippen MR) is 84.9 cm³/mol. The summed E-state index contributed by atoms with van der Waals surface area (Å²) in [4.78, 5) is 13.3. The number of pyridine rings is 1. The molecule has 2 aromatic rings. The second-order valence-electron chi connectivity index (χ2n) is 5.11. The molecule has 1 aliphatic carbocycles. The zero-order valence-electron chi connectivity index (χ0n) is 12.1. The van der Waals surface area contributed by atoms with Gasteiger partial charge in [-0.25, -0.2) is 4.98 Å².